The summed E-state index contributed by atoms with van der Waals surface area (Å²) in [6, 6.07) is 6.38. The minimum atomic E-state index is -0.252. The topological polar surface area (TPSA) is 63.8 Å². The molecule has 0 aliphatic heterocycles. The Morgan fingerprint density at radius 1 is 1.11 bits per heavy atom. The number of hydrogen-bond acceptors (Lipinski definition) is 4. The minimum absolute atomic E-state index is 0.227. The van der Waals surface area contributed by atoms with Gasteiger partial charge in [-0.05, 0) is 55.7 Å². The number of nitrogens with two attached hydrogens (primary N) is 1. The van der Waals surface area contributed by atoms with Gasteiger partial charge in [0.15, 0.2) is 0 Å². The lowest BCUT2D eigenvalue weighted by atomic mass is 9.94. The van der Waals surface area contributed by atoms with Crippen molar-refractivity contribution in [1.29, 1.82) is 0 Å². The Kier molecular flexibility index (Phi) is 3.87. The molecule has 0 amide bonds. The van der Waals surface area contributed by atoms with Gasteiger partial charge in [0.1, 0.15) is 5.82 Å². The van der Waals surface area contributed by atoms with Crippen LogP contribution in [0.25, 0.3) is 0 Å². The van der Waals surface area contributed by atoms with Crippen LogP contribution >= 0.6 is 0 Å². The fraction of sp³-hybridized carbons (Fsp3) is 0.286. The van der Waals surface area contributed by atoms with E-state index in [4.69, 9.17) is 5.84 Å². The summed E-state index contributed by atoms with van der Waals surface area (Å²) in [5.41, 5.74) is 7.12. The summed E-state index contributed by atoms with van der Waals surface area (Å²) in [4.78, 5) is 0. The van der Waals surface area contributed by atoms with E-state index in [-0.39, 0.29) is 11.9 Å². The Hall–Kier alpha value is -1.85. The van der Waals surface area contributed by atoms with Crippen molar-refractivity contribution in [3.63, 3.8) is 0 Å². The van der Waals surface area contributed by atoms with Gasteiger partial charge in [-0.3, -0.25) is 5.84 Å². The zero-order valence-electron chi connectivity index (χ0n) is 11.2. The van der Waals surface area contributed by atoms with E-state index < -0.39 is 0 Å². The van der Waals surface area contributed by atoms with Crippen LogP contribution in [0.4, 0.5) is 4.39 Å². The van der Waals surface area contributed by atoms with Gasteiger partial charge in [0.2, 0.25) is 0 Å². The van der Waals surface area contributed by atoms with Gasteiger partial charge in [-0.1, -0.05) is 6.07 Å². The Bertz CT molecular complexity index is 598. The molecule has 5 heteroatoms. The van der Waals surface area contributed by atoms with Crippen LogP contribution in [-0.2, 0) is 0 Å². The molecule has 0 aliphatic carbocycles. The average Bonchev–Trinajstić information content (AvgIpc) is 2.36. The van der Waals surface area contributed by atoms with Crippen LogP contribution < -0.4 is 11.3 Å². The standard InChI is InChI=1S/C14H17FN4/c1-8-6-11(15)4-5-12(8)14(17-16)13-7-9(2)18-19-10(13)3/h4-7,14,17H,16H2,1-3H3. The molecule has 100 valence electrons. The lowest BCUT2D eigenvalue weighted by molar-refractivity contribution is 0.607. The highest BCUT2D eigenvalue weighted by Crippen LogP contribution is 2.26. The third kappa shape index (κ3) is 2.77. The molecule has 0 fully saturated rings. The summed E-state index contributed by atoms with van der Waals surface area (Å²) < 4.78 is 13.2. The van der Waals surface area contributed by atoms with Crippen LogP contribution in [0.5, 0.6) is 0 Å². The molecule has 2 rings (SSSR count). The molecule has 3 N–H and O–H groups in total. The van der Waals surface area contributed by atoms with Crippen molar-refractivity contribution in [2.45, 2.75) is 26.8 Å². The first kappa shape index (κ1) is 13.6. The Balaban J connectivity index is 2.52. The monoisotopic (exact) mass is 260 g/mol. The number of hydrogen-bond donors (Lipinski definition) is 2. The van der Waals surface area contributed by atoms with Crippen molar-refractivity contribution in [3.05, 3.63) is 58.2 Å². The molecule has 2 aromatic rings. The molecule has 19 heavy (non-hydrogen) atoms. The summed E-state index contributed by atoms with van der Waals surface area (Å²) >= 11 is 0. The predicted octanol–water partition coefficient (Wildman–Crippen LogP) is 2.09. The molecule has 1 aromatic heterocycles. The highest BCUT2D eigenvalue weighted by atomic mass is 19.1. The van der Waals surface area contributed by atoms with Crippen molar-refractivity contribution in [2.24, 2.45) is 5.84 Å². The maximum atomic E-state index is 13.2. The molecule has 1 unspecified atom stereocenters. The summed E-state index contributed by atoms with van der Waals surface area (Å²) in [6.07, 6.45) is 0. The normalized spacial score (nSPS) is 12.5. The van der Waals surface area contributed by atoms with E-state index in [1.165, 1.54) is 12.1 Å². The van der Waals surface area contributed by atoms with Gasteiger partial charge in [-0.25, -0.2) is 9.82 Å². The van der Waals surface area contributed by atoms with Crippen LogP contribution in [0.1, 0.15) is 34.1 Å². The molecular weight excluding hydrogens is 243 g/mol. The summed E-state index contributed by atoms with van der Waals surface area (Å²) in [5, 5.41) is 8.11. The van der Waals surface area contributed by atoms with Crippen LogP contribution in [0.15, 0.2) is 24.3 Å². The van der Waals surface area contributed by atoms with Crippen LogP contribution in [0, 0.1) is 26.6 Å². The predicted molar refractivity (Wildman–Crippen MR) is 71.8 cm³/mol. The van der Waals surface area contributed by atoms with Crippen LogP contribution in [0.2, 0.25) is 0 Å². The zero-order chi connectivity index (χ0) is 14.0. The summed E-state index contributed by atoms with van der Waals surface area (Å²) in [7, 11) is 0. The fourth-order valence-electron chi connectivity index (χ4n) is 2.17. The lowest BCUT2D eigenvalue weighted by Gasteiger charge is -2.20. The van der Waals surface area contributed by atoms with Crippen molar-refractivity contribution >= 4 is 0 Å². The van der Waals surface area contributed by atoms with E-state index in [2.05, 4.69) is 15.6 Å². The smallest absolute Gasteiger partial charge is 0.123 e. The second kappa shape index (κ2) is 5.42. The maximum absolute atomic E-state index is 13.2. The number of aromatic nitrogens is 2. The van der Waals surface area contributed by atoms with Gasteiger partial charge in [0.25, 0.3) is 0 Å². The molecule has 0 aliphatic rings. The number of rotatable bonds is 3. The molecule has 0 radical (unpaired) electrons. The third-order valence-corrected chi connectivity index (χ3v) is 3.16. The van der Waals surface area contributed by atoms with E-state index in [1.807, 2.05) is 26.8 Å². The number of nitrogens with zero attached hydrogens (tertiary/aromatic N) is 2. The molecule has 0 saturated carbocycles. The van der Waals surface area contributed by atoms with E-state index >= 15 is 0 Å². The number of nitrogens with one attached hydrogen (secondary N) is 1. The molecule has 4 nitrogen and oxygen atoms in total. The van der Waals surface area contributed by atoms with Crippen LogP contribution in [-0.4, -0.2) is 10.2 Å². The zero-order valence-corrected chi connectivity index (χ0v) is 11.2. The number of halogens is 1. The SMILES string of the molecule is Cc1cc(C(NN)c2ccc(F)cc2C)c(C)nn1. The van der Waals surface area contributed by atoms with Crippen molar-refractivity contribution in [2.75, 3.05) is 0 Å². The molecule has 1 aromatic carbocycles. The van der Waals surface area contributed by atoms with Crippen molar-refractivity contribution < 1.29 is 4.39 Å². The fourth-order valence-corrected chi connectivity index (χ4v) is 2.17. The average molecular weight is 260 g/mol. The first-order valence-electron chi connectivity index (χ1n) is 6.06. The van der Waals surface area contributed by atoms with Gasteiger partial charge in [0, 0.05) is 0 Å². The Morgan fingerprint density at radius 3 is 2.47 bits per heavy atom. The Morgan fingerprint density at radius 2 is 1.84 bits per heavy atom. The largest absolute Gasteiger partial charge is 0.271 e. The van der Waals surface area contributed by atoms with E-state index in [0.717, 1.165) is 28.1 Å². The molecule has 1 atom stereocenters. The number of aryl methyl sites for hydroxylation is 3. The van der Waals surface area contributed by atoms with Crippen LogP contribution in [0.3, 0.4) is 0 Å². The molecule has 0 saturated heterocycles. The molecule has 0 spiro atoms. The van der Waals surface area contributed by atoms with Gasteiger partial charge in [0.05, 0.1) is 17.4 Å². The van der Waals surface area contributed by atoms with E-state index in [1.54, 1.807) is 6.07 Å². The molecular formula is C14H17FN4. The highest BCUT2D eigenvalue weighted by Gasteiger charge is 2.18. The van der Waals surface area contributed by atoms with Gasteiger partial charge in [-0.2, -0.15) is 10.2 Å². The highest BCUT2D eigenvalue weighted by molar-refractivity contribution is 5.38. The van der Waals surface area contributed by atoms with Crippen molar-refractivity contribution in [3.8, 4) is 0 Å². The quantitative estimate of drug-likeness (QED) is 0.655. The van der Waals surface area contributed by atoms with Gasteiger partial charge < -0.3 is 0 Å². The minimum Gasteiger partial charge on any atom is -0.271 e. The summed E-state index contributed by atoms with van der Waals surface area (Å²) in [6.45, 7) is 5.62. The molecule has 1 heterocycles. The number of benzene rings is 1. The van der Waals surface area contributed by atoms with E-state index in [9.17, 15) is 4.39 Å². The maximum Gasteiger partial charge on any atom is 0.123 e. The number of hydrazine groups is 1. The lowest BCUT2D eigenvalue weighted by Crippen LogP contribution is -2.30. The second-order valence-electron chi connectivity index (χ2n) is 4.63. The Labute approximate surface area is 111 Å². The second-order valence-corrected chi connectivity index (χ2v) is 4.63. The van der Waals surface area contributed by atoms with Gasteiger partial charge >= 0.3 is 0 Å². The van der Waals surface area contributed by atoms with Crippen molar-refractivity contribution in [1.82, 2.24) is 15.6 Å². The summed E-state index contributed by atoms with van der Waals surface area (Å²) in [5.74, 6) is 5.42. The first-order valence-corrected chi connectivity index (χ1v) is 6.06. The van der Waals surface area contributed by atoms with Gasteiger partial charge in [-0.15, -0.1) is 0 Å². The third-order valence-electron chi connectivity index (χ3n) is 3.16. The molecule has 0 bridgehead atoms. The first-order chi connectivity index (χ1) is 9.02. The van der Waals surface area contributed by atoms with E-state index in [0.29, 0.717) is 0 Å².